The van der Waals surface area contributed by atoms with Gasteiger partial charge in [0.25, 0.3) is 0 Å². The lowest BCUT2D eigenvalue weighted by molar-refractivity contribution is -0.151. The topological polar surface area (TPSA) is 95.9 Å². The Morgan fingerprint density at radius 3 is 1.21 bits per heavy atom. The van der Waals surface area contributed by atoms with Crippen LogP contribution in [0.3, 0.4) is 0 Å². The molecule has 0 spiro atoms. The van der Waals surface area contributed by atoms with Gasteiger partial charge in [0.2, 0.25) is 5.91 Å². The summed E-state index contributed by atoms with van der Waals surface area (Å²) >= 11 is 0. The summed E-state index contributed by atoms with van der Waals surface area (Å²) in [5, 5.41) is 23.9. The summed E-state index contributed by atoms with van der Waals surface area (Å²) in [5.74, 6) is -0.514. The summed E-state index contributed by atoms with van der Waals surface area (Å²) < 4.78 is 5.94. The molecule has 0 fully saturated rings. The van der Waals surface area contributed by atoms with Gasteiger partial charge in [0.1, 0.15) is 6.10 Å². The maximum atomic E-state index is 13.3. The maximum absolute atomic E-state index is 13.3. The van der Waals surface area contributed by atoms with E-state index in [9.17, 15) is 19.8 Å². The van der Waals surface area contributed by atoms with Gasteiger partial charge in [0.15, 0.2) is 0 Å². The van der Waals surface area contributed by atoms with E-state index in [0.717, 1.165) is 83.5 Å². The first-order valence-corrected chi connectivity index (χ1v) is 28.5. The molecule has 0 heterocycles. The molecule has 3 atom stereocenters. The van der Waals surface area contributed by atoms with Crippen LogP contribution < -0.4 is 5.32 Å². The highest BCUT2D eigenvalue weighted by molar-refractivity contribution is 5.77. The summed E-state index contributed by atoms with van der Waals surface area (Å²) in [6.45, 7) is 6.44. The minimum Gasteiger partial charge on any atom is -0.462 e. The highest BCUT2D eigenvalue weighted by Gasteiger charge is 2.24. The monoisotopic (exact) mass is 924 g/mol. The summed E-state index contributed by atoms with van der Waals surface area (Å²) in [7, 11) is 0. The second-order valence-corrected chi connectivity index (χ2v) is 19.3. The van der Waals surface area contributed by atoms with E-state index in [1.165, 1.54) is 154 Å². The van der Waals surface area contributed by atoms with Gasteiger partial charge >= 0.3 is 5.97 Å². The SMILES string of the molecule is CCCCC/C=C\C/C=C\C/C=C\CCCCC(CC(=O)NC(CO)C(O)CCCCCCCCCCCCCCCCC)OC(=O)CCCCCCCCC/C=C\C/C=C\CCCCC. The van der Waals surface area contributed by atoms with Crippen LogP contribution in [-0.4, -0.2) is 46.9 Å². The molecule has 3 N–H and O–H groups in total. The van der Waals surface area contributed by atoms with Crippen molar-refractivity contribution in [3.8, 4) is 0 Å². The third-order valence-corrected chi connectivity index (χ3v) is 12.8. The summed E-state index contributed by atoms with van der Waals surface area (Å²) in [5.41, 5.74) is 0. The molecule has 6 nitrogen and oxygen atoms in total. The molecule has 3 unspecified atom stereocenters. The van der Waals surface area contributed by atoms with Crippen molar-refractivity contribution in [2.75, 3.05) is 6.61 Å². The third-order valence-electron chi connectivity index (χ3n) is 12.8. The predicted octanol–water partition coefficient (Wildman–Crippen LogP) is 17.6. The average molecular weight is 925 g/mol. The first kappa shape index (κ1) is 63.6. The summed E-state index contributed by atoms with van der Waals surface area (Å²) in [4.78, 5) is 26.3. The fourth-order valence-electron chi connectivity index (χ4n) is 8.47. The van der Waals surface area contributed by atoms with Crippen LogP contribution in [0.4, 0.5) is 0 Å². The second kappa shape index (κ2) is 53.5. The quantitative estimate of drug-likeness (QED) is 0.0321. The van der Waals surface area contributed by atoms with E-state index < -0.39 is 18.2 Å². The van der Waals surface area contributed by atoms with E-state index in [4.69, 9.17) is 4.74 Å². The van der Waals surface area contributed by atoms with Gasteiger partial charge in [-0.3, -0.25) is 9.59 Å². The molecule has 6 heteroatoms. The van der Waals surface area contributed by atoms with E-state index >= 15 is 0 Å². The van der Waals surface area contributed by atoms with Gasteiger partial charge in [0.05, 0.1) is 25.2 Å². The van der Waals surface area contributed by atoms with Gasteiger partial charge in [-0.15, -0.1) is 0 Å². The molecule has 0 saturated heterocycles. The maximum Gasteiger partial charge on any atom is 0.306 e. The minimum absolute atomic E-state index is 0.0482. The van der Waals surface area contributed by atoms with Crippen LogP contribution in [0.15, 0.2) is 60.8 Å². The van der Waals surface area contributed by atoms with Crippen LogP contribution in [0.1, 0.15) is 284 Å². The molecule has 0 radical (unpaired) electrons. The number of unbranched alkanes of at least 4 members (excludes halogenated alkanes) is 29. The number of hydrogen-bond donors (Lipinski definition) is 3. The van der Waals surface area contributed by atoms with Crippen LogP contribution >= 0.6 is 0 Å². The van der Waals surface area contributed by atoms with Gasteiger partial charge in [-0.1, -0.05) is 236 Å². The zero-order valence-corrected chi connectivity index (χ0v) is 43.8. The minimum atomic E-state index is -0.801. The van der Waals surface area contributed by atoms with Crippen molar-refractivity contribution >= 4 is 11.9 Å². The molecular formula is C60H109NO5. The number of allylic oxidation sites excluding steroid dienone is 10. The smallest absolute Gasteiger partial charge is 0.306 e. The molecule has 0 saturated carbocycles. The number of carbonyl (C=O) groups is 2. The molecule has 0 aliphatic carbocycles. The van der Waals surface area contributed by atoms with Crippen molar-refractivity contribution < 1.29 is 24.5 Å². The van der Waals surface area contributed by atoms with Gasteiger partial charge in [-0.25, -0.2) is 0 Å². The molecule has 384 valence electrons. The number of esters is 1. The standard InChI is InChI=1S/C60H109NO5/c1-4-7-10-13-16-19-22-25-28-29-32-35-38-41-44-47-50-53-60(65)66-56(51-48-45-42-39-36-33-30-26-23-20-17-14-11-8-5-2)54-59(64)61-57(55-62)58(63)52-49-46-43-40-37-34-31-27-24-21-18-15-12-9-6-3/h16-17,19-20,25-26,28,30,36,39,56-58,62-63H,4-15,18,21-24,27,29,31-35,37-38,40-55H2,1-3H3,(H,61,64)/b19-16-,20-17-,28-25-,30-26-,39-36-. The number of amides is 1. The van der Waals surface area contributed by atoms with E-state index in [0.29, 0.717) is 19.3 Å². The highest BCUT2D eigenvalue weighted by atomic mass is 16.5. The van der Waals surface area contributed by atoms with Crippen LogP contribution in [0.2, 0.25) is 0 Å². The Labute approximate surface area is 409 Å². The summed E-state index contributed by atoms with van der Waals surface area (Å²) in [6, 6.07) is -0.717. The molecule has 0 aliphatic rings. The van der Waals surface area contributed by atoms with E-state index in [1.54, 1.807) is 0 Å². The lowest BCUT2D eigenvalue weighted by Crippen LogP contribution is -2.46. The van der Waals surface area contributed by atoms with Gasteiger partial charge in [0, 0.05) is 6.42 Å². The van der Waals surface area contributed by atoms with Crippen molar-refractivity contribution in [3.63, 3.8) is 0 Å². The number of nitrogens with one attached hydrogen (secondary N) is 1. The fourth-order valence-corrected chi connectivity index (χ4v) is 8.47. The zero-order chi connectivity index (χ0) is 48.1. The molecule has 0 aromatic carbocycles. The Balaban J connectivity index is 4.62. The van der Waals surface area contributed by atoms with Crippen molar-refractivity contribution in [1.29, 1.82) is 0 Å². The largest absolute Gasteiger partial charge is 0.462 e. The lowest BCUT2D eigenvalue weighted by atomic mass is 10.0. The summed E-state index contributed by atoms with van der Waals surface area (Å²) in [6.07, 6.45) is 67.1. The Hall–Kier alpha value is -2.44. The number of ether oxygens (including phenoxy) is 1. The van der Waals surface area contributed by atoms with Crippen molar-refractivity contribution in [3.05, 3.63) is 60.8 Å². The van der Waals surface area contributed by atoms with Crippen molar-refractivity contribution in [2.45, 2.75) is 302 Å². The number of hydrogen-bond acceptors (Lipinski definition) is 5. The Bertz CT molecular complexity index is 1170. The van der Waals surface area contributed by atoms with Crippen LogP contribution in [-0.2, 0) is 14.3 Å². The molecule has 0 aromatic rings. The van der Waals surface area contributed by atoms with Crippen LogP contribution in [0.25, 0.3) is 0 Å². The van der Waals surface area contributed by atoms with Gasteiger partial charge in [-0.2, -0.15) is 0 Å². The molecule has 0 bridgehead atoms. The molecule has 0 aliphatic heterocycles. The molecule has 0 aromatic heterocycles. The molecular weight excluding hydrogens is 815 g/mol. The average Bonchev–Trinajstić information content (AvgIpc) is 3.31. The number of aliphatic hydroxyl groups excluding tert-OH is 2. The fraction of sp³-hybridized carbons (Fsp3) is 0.800. The number of rotatable bonds is 51. The Morgan fingerprint density at radius 1 is 0.439 bits per heavy atom. The third kappa shape index (κ3) is 48.0. The van der Waals surface area contributed by atoms with Crippen LogP contribution in [0.5, 0.6) is 0 Å². The molecule has 1 amide bonds. The normalized spacial score (nSPS) is 13.6. The highest BCUT2D eigenvalue weighted by Crippen LogP contribution is 2.18. The van der Waals surface area contributed by atoms with Crippen molar-refractivity contribution in [1.82, 2.24) is 5.32 Å². The second-order valence-electron chi connectivity index (χ2n) is 19.3. The van der Waals surface area contributed by atoms with Gasteiger partial charge in [-0.05, 0) is 96.3 Å². The Kier molecular flexibility index (Phi) is 51.5. The Morgan fingerprint density at radius 2 is 0.773 bits per heavy atom. The molecule has 66 heavy (non-hydrogen) atoms. The number of carbonyl (C=O) groups excluding carboxylic acids is 2. The van der Waals surface area contributed by atoms with Crippen LogP contribution in [0, 0.1) is 0 Å². The van der Waals surface area contributed by atoms with E-state index in [-0.39, 0.29) is 24.9 Å². The van der Waals surface area contributed by atoms with Crippen molar-refractivity contribution in [2.24, 2.45) is 0 Å². The first-order valence-electron chi connectivity index (χ1n) is 28.5. The first-order chi connectivity index (χ1) is 32.5. The van der Waals surface area contributed by atoms with E-state index in [1.807, 2.05) is 0 Å². The lowest BCUT2D eigenvalue weighted by Gasteiger charge is -2.24. The van der Waals surface area contributed by atoms with E-state index in [2.05, 4.69) is 86.8 Å². The van der Waals surface area contributed by atoms with Gasteiger partial charge < -0.3 is 20.3 Å². The molecule has 0 rings (SSSR count). The zero-order valence-electron chi connectivity index (χ0n) is 43.8. The number of aliphatic hydroxyl groups is 2. The predicted molar refractivity (Wildman–Crippen MR) is 287 cm³/mol.